The second-order valence-electron chi connectivity index (χ2n) is 4.89. The van der Waals surface area contributed by atoms with Crippen LogP contribution in [0.15, 0.2) is 18.2 Å². The van der Waals surface area contributed by atoms with E-state index >= 15 is 0 Å². The number of aryl methyl sites for hydroxylation is 1. The topological polar surface area (TPSA) is 89.7 Å². The van der Waals surface area contributed by atoms with Crippen LogP contribution in [0.2, 0.25) is 0 Å². The van der Waals surface area contributed by atoms with E-state index in [9.17, 15) is 14.9 Å². The van der Waals surface area contributed by atoms with Crippen LogP contribution in [-0.4, -0.2) is 21.6 Å². The van der Waals surface area contributed by atoms with E-state index in [0.717, 1.165) is 6.42 Å². The molecule has 19 heavy (non-hydrogen) atoms. The summed E-state index contributed by atoms with van der Waals surface area (Å²) in [5, 5.41) is 20.0. The monoisotopic (exact) mass is 265 g/mol. The Morgan fingerprint density at radius 3 is 2.68 bits per heavy atom. The number of para-hydroxylation sites is 1. The summed E-state index contributed by atoms with van der Waals surface area (Å²) in [6.45, 7) is 1.63. The highest BCUT2D eigenvalue weighted by atomic mass is 16.6. The molecule has 0 aliphatic heterocycles. The first-order valence-electron chi connectivity index (χ1n) is 6.08. The van der Waals surface area contributed by atoms with Crippen LogP contribution in [0.25, 0.3) is 0 Å². The number of ether oxygens (including phenoxy) is 1. The molecule has 0 unspecified atom stereocenters. The van der Waals surface area contributed by atoms with E-state index in [-0.39, 0.29) is 17.9 Å². The summed E-state index contributed by atoms with van der Waals surface area (Å²) in [6.07, 6.45) is 1.99. The van der Waals surface area contributed by atoms with Crippen molar-refractivity contribution in [3.8, 4) is 5.75 Å². The molecule has 0 bridgehead atoms. The van der Waals surface area contributed by atoms with Crippen molar-refractivity contribution in [3.63, 3.8) is 0 Å². The maximum absolute atomic E-state index is 11.1. The summed E-state index contributed by atoms with van der Waals surface area (Å²) in [5.41, 5.74) is -0.365. The molecule has 1 aliphatic rings. The van der Waals surface area contributed by atoms with Gasteiger partial charge in [-0.25, -0.2) is 0 Å². The smallest absolute Gasteiger partial charge is 0.313 e. The van der Waals surface area contributed by atoms with Crippen LogP contribution in [0, 0.1) is 17.0 Å². The number of nitro groups is 1. The number of carbonyl (C=O) groups is 1. The van der Waals surface area contributed by atoms with Gasteiger partial charge in [0.15, 0.2) is 5.75 Å². The van der Waals surface area contributed by atoms with Crippen LogP contribution >= 0.6 is 0 Å². The molecule has 102 valence electrons. The minimum absolute atomic E-state index is 0.0841. The molecule has 1 N–H and O–H groups in total. The fourth-order valence-electron chi connectivity index (χ4n) is 2.34. The second kappa shape index (κ2) is 4.87. The van der Waals surface area contributed by atoms with Gasteiger partial charge in [-0.15, -0.1) is 0 Å². The lowest BCUT2D eigenvalue weighted by Crippen LogP contribution is -2.45. The van der Waals surface area contributed by atoms with E-state index in [2.05, 4.69) is 0 Å². The van der Waals surface area contributed by atoms with Crippen molar-refractivity contribution >= 4 is 11.7 Å². The maximum Gasteiger partial charge on any atom is 0.313 e. The summed E-state index contributed by atoms with van der Waals surface area (Å²) in [5.74, 6) is -0.791. The fourth-order valence-corrected chi connectivity index (χ4v) is 2.34. The molecule has 0 radical (unpaired) electrons. The van der Waals surface area contributed by atoms with Crippen molar-refractivity contribution < 1.29 is 19.6 Å². The van der Waals surface area contributed by atoms with Gasteiger partial charge >= 0.3 is 11.7 Å². The largest absolute Gasteiger partial charge is 0.481 e. The number of rotatable bonds is 5. The van der Waals surface area contributed by atoms with Crippen LogP contribution in [0.4, 0.5) is 5.69 Å². The van der Waals surface area contributed by atoms with E-state index < -0.39 is 16.5 Å². The Hall–Kier alpha value is -2.11. The summed E-state index contributed by atoms with van der Waals surface area (Å²) < 4.78 is 5.70. The lowest BCUT2D eigenvalue weighted by molar-refractivity contribution is -0.387. The summed E-state index contributed by atoms with van der Waals surface area (Å²) in [4.78, 5) is 21.4. The molecule has 1 fully saturated rings. The normalized spacial score (nSPS) is 16.5. The standard InChI is InChI=1S/C13H15NO5/c1-9-4-2-5-10(12(9)14(17)18)19-13(6-3-7-13)8-11(15)16/h2,4-5H,3,6-8H2,1H3,(H,15,16). The molecule has 1 aliphatic carbocycles. The van der Waals surface area contributed by atoms with Crippen molar-refractivity contribution in [1.29, 1.82) is 0 Å². The van der Waals surface area contributed by atoms with Crippen LogP contribution < -0.4 is 4.74 Å². The molecule has 1 aromatic rings. The highest BCUT2D eigenvalue weighted by Gasteiger charge is 2.42. The molecular weight excluding hydrogens is 250 g/mol. The molecule has 6 nitrogen and oxygen atoms in total. The molecule has 0 spiro atoms. The van der Waals surface area contributed by atoms with Gasteiger partial charge in [0.1, 0.15) is 5.60 Å². The third-order valence-electron chi connectivity index (χ3n) is 3.45. The molecule has 0 saturated heterocycles. The Morgan fingerprint density at radius 2 is 2.21 bits per heavy atom. The highest BCUT2D eigenvalue weighted by molar-refractivity contribution is 5.68. The molecule has 0 aromatic heterocycles. The summed E-state index contributed by atoms with van der Waals surface area (Å²) in [7, 11) is 0. The number of carboxylic acid groups (broad SMARTS) is 1. The number of nitrogens with zero attached hydrogens (tertiary/aromatic N) is 1. The van der Waals surface area contributed by atoms with Gasteiger partial charge in [0, 0.05) is 5.56 Å². The molecule has 1 aromatic carbocycles. The summed E-state index contributed by atoms with van der Waals surface area (Å²) >= 11 is 0. The average Bonchev–Trinajstić information content (AvgIpc) is 2.24. The van der Waals surface area contributed by atoms with Crippen molar-refractivity contribution in [3.05, 3.63) is 33.9 Å². The van der Waals surface area contributed by atoms with Gasteiger partial charge in [0.2, 0.25) is 0 Å². The van der Waals surface area contributed by atoms with Gasteiger partial charge in [-0.2, -0.15) is 0 Å². The number of aliphatic carboxylic acids is 1. The van der Waals surface area contributed by atoms with E-state index in [0.29, 0.717) is 18.4 Å². The first-order chi connectivity index (χ1) is 8.93. The molecule has 6 heteroatoms. The van der Waals surface area contributed by atoms with E-state index in [4.69, 9.17) is 9.84 Å². The molecule has 0 heterocycles. The Labute approximate surface area is 110 Å². The molecule has 0 amide bonds. The Kier molecular flexibility index (Phi) is 3.42. The third kappa shape index (κ3) is 2.67. The van der Waals surface area contributed by atoms with Crippen LogP contribution in [0.5, 0.6) is 5.75 Å². The predicted molar refractivity (Wildman–Crippen MR) is 67.3 cm³/mol. The van der Waals surface area contributed by atoms with Crippen molar-refractivity contribution in [2.75, 3.05) is 0 Å². The first-order valence-corrected chi connectivity index (χ1v) is 6.08. The first kappa shape index (κ1) is 13.3. The predicted octanol–water partition coefficient (Wildman–Crippen LogP) is 2.68. The Bertz CT molecular complexity index is 522. The molecular formula is C13H15NO5. The lowest BCUT2D eigenvalue weighted by Gasteiger charge is -2.40. The third-order valence-corrected chi connectivity index (χ3v) is 3.45. The maximum atomic E-state index is 11.1. The zero-order valence-electron chi connectivity index (χ0n) is 10.6. The SMILES string of the molecule is Cc1cccc(OC2(CC(=O)O)CCC2)c1[N+](=O)[O-]. The fraction of sp³-hybridized carbons (Fsp3) is 0.462. The van der Waals surface area contributed by atoms with E-state index in [1.165, 1.54) is 6.07 Å². The Morgan fingerprint density at radius 1 is 1.53 bits per heavy atom. The minimum Gasteiger partial charge on any atom is -0.481 e. The van der Waals surface area contributed by atoms with Gasteiger partial charge in [-0.1, -0.05) is 12.1 Å². The second-order valence-corrected chi connectivity index (χ2v) is 4.89. The van der Waals surface area contributed by atoms with E-state index in [1.54, 1.807) is 19.1 Å². The number of hydrogen-bond acceptors (Lipinski definition) is 4. The number of benzene rings is 1. The van der Waals surface area contributed by atoms with Gasteiger partial charge in [0.25, 0.3) is 0 Å². The van der Waals surface area contributed by atoms with Gasteiger partial charge in [-0.05, 0) is 32.3 Å². The molecule has 1 saturated carbocycles. The summed E-state index contributed by atoms with van der Waals surface area (Å²) in [6, 6.07) is 4.83. The number of carboxylic acids is 1. The minimum atomic E-state index is -0.949. The van der Waals surface area contributed by atoms with Gasteiger partial charge in [-0.3, -0.25) is 14.9 Å². The average molecular weight is 265 g/mol. The van der Waals surface area contributed by atoms with Crippen LogP contribution in [0.3, 0.4) is 0 Å². The van der Waals surface area contributed by atoms with Crippen LogP contribution in [0.1, 0.15) is 31.2 Å². The van der Waals surface area contributed by atoms with Crippen molar-refractivity contribution in [2.24, 2.45) is 0 Å². The number of nitro benzene ring substituents is 1. The van der Waals surface area contributed by atoms with Gasteiger partial charge in [0.05, 0.1) is 11.3 Å². The molecule has 2 rings (SSSR count). The molecule has 0 atom stereocenters. The van der Waals surface area contributed by atoms with Gasteiger partial charge < -0.3 is 9.84 Å². The van der Waals surface area contributed by atoms with E-state index in [1.807, 2.05) is 0 Å². The Balaban J connectivity index is 2.30. The van der Waals surface area contributed by atoms with Crippen LogP contribution in [-0.2, 0) is 4.79 Å². The zero-order valence-corrected chi connectivity index (χ0v) is 10.6. The lowest BCUT2D eigenvalue weighted by atomic mass is 9.77. The highest BCUT2D eigenvalue weighted by Crippen LogP contribution is 2.42. The zero-order chi connectivity index (χ0) is 14.0. The quantitative estimate of drug-likeness (QED) is 0.653. The number of hydrogen-bond donors (Lipinski definition) is 1. The van der Waals surface area contributed by atoms with Crippen molar-refractivity contribution in [2.45, 2.75) is 38.2 Å². The van der Waals surface area contributed by atoms with Crippen molar-refractivity contribution in [1.82, 2.24) is 0 Å².